The minimum atomic E-state index is -0.661. The molecule has 1 unspecified atom stereocenters. The van der Waals surface area contributed by atoms with E-state index in [0.29, 0.717) is 6.61 Å². The summed E-state index contributed by atoms with van der Waals surface area (Å²) in [7, 11) is 1.42. The molecule has 18 heavy (non-hydrogen) atoms. The van der Waals surface area contributed by atoms with Gasteiger partial charge in [0, 0.05) is 6.20 Å². The number of aromatic nitrogens is 1. The van der Waals surface area contributed by atoms with Crippen molar-refractivity contribution in [1.29, 1.82) is 0 Å². The Balaban J connectivity index is 2.87. The molecule has 0 amide bonds. The molecule has 1 heterocycles. The molecule has 0 N–H and O–H groups in total. The molecule has 0 aliphatic rings. The van der Waals surface area contributed by atoms with Crippen LogP contribution in [0.15, 0.2) is 23.1 Å². The van der Waals surface area contributed by atoms with Crippen LogP contribution in [0.5, 0.6) is 5.75 Å². The van der Waals surface area contributed by atoms with Crippen LogP contribution in [0.3, 0.4) is 0 Å². The molecular formula is C13H19NO4. The van der Waals surface area contributed by atoms with Gasteiger partial charge in [0.1, 0.15) is 6.04 Å². The lowest BCUT2D eigenvalue weighted by molar-refractivity contribution is -0.148. The van der Waals surface area contributed by atoms with Crippen molar-refractivity contribution < 1.29 is 14.3 Å². The Morgan fingerprint density at radius 1 is 1.39 bits per heavy atom. The van der Waals surface area contributed by atoms with Crippen LogP contribution in [-0.2, 0) is 9.53 Å². The highest BCUT2D eigenvalue weighted by Crippen LogP contribution is 2.09. The van der Waals surface area contributed by atoms with Gasteiger partial charge in [0.25, 0.3) is 5.56 Å². The Hall–Kier alpha value is -1.78. The maximum absolute atomic E-state index is 11.9. The largest absolute Gasteiger partial charge is 0.491 e. The Morgan fingerprint density at radius 2 is 2.06 bits per heavy atom. The molecule has 1 atom stereocenters. The molecule has 0 fully saturated rings. The lowest BCUT2D eigenvalue weighted by Gasteiger charge is -2.15. The fourth-order valence-corrected chi connectivity index (χ4v) is 1.43. The van der Waals surface area contributed by atoms with Crippen LogP contribution >= 0.6 is 0 Å². The summed E-state index contributed by atoms with van der Waals surface area (Å²) >= 11 is 0. The van der Waals surface area contributed by atoms with Gasteiger partial charge in [-0.2, -0.15) is 0 Å². The molecule has 0 bridgehead atoms. The highest BCUT2D eigenvalue weighted by molar-refractivity contribution is 5.73. The molecule has 1 aromatic rings. The van der Waals surface area contributed by atoms with Crippen LogP contribution in [0, 0.1) is 5.92 Å². The first-order chi connectivity index (χ1) is 8.47. The van der Waals surface area contributed by atoms with Gasteiger partial charge in [-0.15, -0.1) is 0 Å². The molecule has 1 rings (SSSR count). The number of esters is 1. The van der Waals surface area contributed by atoms with Crippen LogP contribution in [0.25, 0.3) is 0 Å². The van der Waals surface area contributed by atoms with Gasteiger partial charge in [0.05, 0.1) is 13.7 Å². The third-order valence-corrected chi connectivity index (χ3v) is 2.48. The monoisotopic (exact) mass is 253 g/mol. The molecule has 0 aromatic carbocycles. The number of methoxy groups -OCH3 is 1. The molecule has 0 spiro atoms. The van der Waals surface area contributed by atoms with Crippen molar-refractivity contribution in [3.05, 3.63) is 28.7 Å². The number of nitrogens with zero attached hydrogens (tertiary/aromatic N) is 1. The number of ether oxygens (including phenoxy) is 2. The number of rotatable bonds is 5. The van der Waals surface area contributed by atoms with E-state index < -0.39 is 12.0 Å². The number of hydrogen-bond donors (Lipinski definition) is 0. The summed E-state index contributed by atoms with van der Waals surface area (Å²) in [5, 5.41) is 0. The van der Waals surface area contributed by atoms with E-state index in [1.54, 1.807) is 25.3 Å². The van der Waals surface area contributed by atoms with Crippen molar-refractivity contribution in [3.63, 3.8) is 0 Å². The maximum Gasteiger partial charge on any atom is 0.328 e. The van der Waals surface area contributed by atoms with Crippen LogP contribution in [-0.4, -0.2) is 24.3 Å². The van der Waals surface area contributed by atoms with Gasteiger partial charge in [-0.25, -0.2) is 4.79 Å². The molecule has 5 heteroatoms. The maximum atomic E-state index is 11.9. The third kappa shape index (κ3) is 3.35. The topological polar surface area (TPSA) is 57.5 Å². The summed E-state index contributed by atoms with van der Waals surface area (Å²) in [5.41, 5.74) is -0.339. The fraction of sp³-hybridized carbons (Fsp3) is 0.538. The molecule has 0 aliphatic carbocycles. The smallest absolute Gasteiger partial charge is 0.328 e. The Bertz CT molecular complexity index is 464. The predicted octanol–water partition coefficient (Wildman–Crippen LogP) is 1.62. The van der Waals surface area contributed by atoms with Gasteiger partial charge in [-0.05, 0) is 25.0 Å². The minimum Gasteiger partial charge on any atom is -0.491 e. The molecule has 100 valence electrons. The highest BCUT2D eigenvalue weighted by Gasteiger charge is 2.19. The van der Waals surface area contributed by atoms with Gasteiger partial charge >= 0.3 is 5.97 Å². The normalized spacial score (nSPS) is 12.3. The van der Waals surface area contributed by atoms with E-state index in [1.165, 1.54) is 11.7 Å². The first-order valence-corrected chi connectivity index (χ1v) is 5.89. The van der Waals surface area contributed by atoms with Crippen molar-refractivity contribution in [2.24, 2.45) is 5.92 Å². The van der Waals surface area contributed by atoms with E-state index in [-0.39, 0.29) is 17.2 Å². The highest BCUT2D eigenvalue weighted by atomic mass is 16.5. The van der Waals surface area contributed by atoms with Gasteiger partial charge in [-0.3, -0.25) is 9.36 Å². The van der Waals surface area contributed by atoms with Crippen LogP contribution in [0.2, 0.25) is 0 Å². The van der Waals surface area contributed by atoms with Crippen LogP contribution in [0.1, 0.15) is 26.8 Å². The summed E-state index contributed by atoms with van der Waals surface area (Å²) < 4.78 is 11.3. The Kier molecular flexibility index (Phi) is 4.95. The molecule has 0 saturated carbocycles. The second-order valence-electron chi connectivity index (χ2n) is 4.49. The average molecular weight is 253 g/mol. The summed E-state index contributed by atoms with van der Waals surface area (Å²) in [4.78, 5) is 23.7. The molecule has 0 saturated heterocycles. The summed E-state index contributed by atoms with van der Waals surface area (Å²) in [6.45, 7) is 5.89. The Morgan fingerprint density at radius 3 is 2.61 bits per heavy atom. The zero-order chi connectivity index (χ0) is 13.7. The van der Waals surface area contributed by atoms with Crippen molar-refractivity contribution in [1.82, 2.24) is 4.57 Å². The number of carbonyl (C=O) groups is 1. The second-order valence-corrected chi connectivity index (χ2v) is 4.49. The molecule has 1 aromatic heterocycles. The van der Waals surface area contributed by atoms with E-state index in [4.69, 9.17) is 9.47 Å². The van der Waals surface area contributed by atoms with Gasteiger partial charge < -0.3 is 9.47 Å². The summed E-state index contributed by atoms with van der Waals surface area (Å²) in [6, 6.07) is 2.56. The Labute approximate surface area is 106 Å². The summed E-state index contributed by atoms with van der Waals surface area (Å²) in [6.07, 6.45) is 1.55. The quantitative estimate of drug-likeness (QED) is 0.748. The first-order valence-electron chi connectivity index (χ1n) is 5.89. The molecular weight excluding hydrogens is 234 g/mol. The second kappa shape index (κ2) is 6.23. The van der Waals surface area contributed by atoms with Gasteiger partial charge in [-0.1, -0.05) is 13.8 Å². The third-order valence-electron chi connectivity index (χ3n) is 2.48. The van der Waals surface area contributed by atoms with Crippen molar-refractivity contribution >= 4 is 5.97 Å². The SMILES string of the molecule is COc1cccn(C(C)C(=O)OCC(C)C)c1=O. The minimum absolute atomic E-state index is 0.209. The van der Waals surface area contributed by atoms with E-state index >= 15 is 0 Å². The van der Waals surface area contributed by atoms with E-state index in [9.17, 15) is 9.59 Å². The van der Waals surface area contributed by atoms with Crippen LogP contribution in [0.4, 0.5) is 0 Å². The predicted molar refractivity (Wildman–Crippen MR) is 67.8 cm³/mol. The van der Waals surface area contributed by atoms with E-state index in [1.807, 2.05) is 13.8 Å². The standard InChI is InChI=1S/C13H19NO4/c1-9(2)8-18-13(16)10(3)14-7-5-6-11(17-4)12(14)15/h5-7,9-10H,8H2,1-4H3. The summed E-state index contributed by atoms with van der Waals surface area (Å²) in [5.74, 6) is 0.0586. The first kappa shape index (κ1) is 14.3. The lowest BCUT2D eigenvalue weighted by atomic mass is 10.2. The zero-order valence-electron chi connectivity index (χ0n) is 11.2. The number of hydrogen-bond acceptors (Lipinski definition) is 4. The molecule has 5 nitrogen and oxygen atoms in total. The fourth-order valence-electron chi connectivity index (χ4n) is 1.43. The van der Waals surface area contributed by atoms with Crippen molar-refractivity contribution in [3.8, 4) is 5.75 Å². The van der Waals surface area contributed by atoms with E-state index in [2.05, 4.69) is 0 Å². The van der Waals surface area contributed by atoms with E-state index in [0.717, 1.165) is 0 Å². The molecule has 0 radical (unpaired) electrons. The van der Waals surface area contributed by atoms with Crippen molar-refractivity contribution in [2.75, 3.05) is 13.7 Å². The lowest BCUT2D eigenvalue weighted by Crippen LogP contribution is -2.29. The zero-order valence-corrected chi connectivity index (χ0v) is 11.2. The number of pyridine rings is 1. The van der Waals surface area contributed by atoms with Crippen molar-refractivity contribution in [2.45, 2.75) is 26.8 Å². The van der Waals surface area contributed by atoms with Gasteiger partial charge in [0.15, 0.2) is 5.75 Å². The molecule has 0 aliphatic heterocycles. The number of carbonyl (C=O) groups excluding carboxylic acids is 1. The van der Waals surface area contributed by atoms with Crippen LogP contribution < -0.4 is 10.3 Å². The average Bonchev–Trinajstić information content (AvgIpc) is 2.35. The van der Waals surface area contributed by atoms with Gasteiger partial charge in [0.2, 0.25) is 0 Å².